The van der Waals surface area contributed by atoms with Crippen molar-refractivity contribution in [1.82, 2.24) is 4.98 Å². The molecule has 4 nitrogen and oxygen atoms in total. The fraction of sp³-hybridized carbons (Fsp3) is 0.412. The lowest BCUT2D eigenvalue weighted by Gasteiger charge is -2.25. The smallest absolute Gasteiger partial charge is 0.229 e. The largest absolute Gasteiger partial charge is 0.328 e. The summed E-state index contributed by atoms with van der Waals surface area (Å²) in [5, 5.41) is 3.64. The van der Waals surface area contributed by atoms with Crippen molar-refractivity contribution in [2.45, 2.75) is 38.1 Å². The molecule has 6 heteroatoms. The highest BCUT2D eigenvalue weighted by Gasteiger charge is 2.25. The Morgan fingerprint density at radius 3 is 2.83 bits per heavy atom. The number of hydrogen-bond donors (Lipinski definition) is 2. The Morgan fingerprint density at radius 2 is 2.09 bits per heavy atom. The third-order valence-corrected chi connectivity index (χ3v) is 5.00. The molecule has 1 aliphatic carbocycles. The van der Waals surface area contributed by atoms with Crippen molar-refractivity contribution < 1.29 is 4.79 Å². The van der Waals surface area contributed by atoms with E-state index in [-0.39, 0.29) is 30.3 Å². The van der Waals surface area contributed by atoms with Gasteiger partial charge in [0.05, 0.1) is 0 Å². The Labute approximate surface area is 146 Å². The summed E-state index contributed by atoms with van der Waals surface area (Å²) in [5.41, 5.74) is 7.21. The third-order valence-electron chi connectivity index (χ3n) is 4.09. The average Bonchev–Trinajstić information content (AvgIpc) is 2.95. The van der Waals surface area contributed by atoms with Crippen molar-refractivity contribution >= 4 is 34.8 Å². The van der Waals surface area contributed by atoms with Crippen LogP contribution in [0.3, 0.4) is 0 Å². The standard InChI is InChI=1S/C17H21N3OS.ClH/c18-14-8-4-7-13(10-14)16(21)20-17-19-11-15(22-17)9-12-5-2-1-3-6-12;/h1-3,5-6,11,13-14H,4,7-10,18H2,(H,19,20,21);1H. The van der Waals surface area contributed by atoms with Crippen LogP contribution in [0.1, 0.15) is 36.1 Å². The molecule has 2 aromatic rings. The molecular weight excluding hydrogens is 330 g/mol. The molecule has 1 fully saturated rings. The number of nitrogens with two attached hydrogens (primary N) is 1. The maximum Gasteiger partial charge on any atom is 0.229 e. The second kappa shape index (κ2) is 8.43. The van der Waals surface area contributed by atoms with Gasteiger partial charge in [-0.15, -0.1) is 23.7 Å². The van der Waals surface area contributed by atoms with Gasteiger partial charge < -0.3 is 11.1 Å². The van der Waals surface area contributed by atoms with Crippen LogP contribution in [0.2, 0.25) is 0 Å². The van der Waals surface area contributed by atoms with E-state index in [4.69, 9.17) is 5.73 Å². The van der Waals surface area contributed by atoms with E-state index in [2.05, 4.69) is 22.4 Å². The van der Waals surface area contributed by atoms with Gasteiger partial charge in [0, 0.05) is 29.5 Å². The Kier molecular flexibility index (Phi) is 6.57. The quantitative estimate of drug-likeness (QED) is 0.884. The molecule has 2 unspecified atom stereocenters. The van der Waals surface area contributed by atoms with Crippen LogP contribution in [-0.2, 0) is 11.2 Å². The number of carbonyl (C=O) groups excluding carboxylic acids is 1. The Balaban J connectivity index is 0.00000192. The number of halogens is 1. The van der Waals surface area contributed by atoms with E-state index in [0.717, 1.165) is 37.0 Å². The first-order valence-corrected chi connectivity index (χ1v) is 8.57. The van der Waals surface area contributed by atoms with Gasteiger partial charge in [0.2, 0.25) is 5.91 Å². The zero-order valence-corrected chi connectivity index (χ0v) is 14.5. The zero-order valence-electron chi connectivity index (χ0n) is 12.9. The van der Waals surface area contributed by atoms with Crippen LogP contribution in [0, 0.1) is 5.92 Å². The van der Waals surface area contributed by atoms with Gasteiger partial charge in [0.25, 0.3) is 0 Å². The second-order valence-corrected chi connectivity index (χ2v) is 7.02. The molecule has 1 heterocycles. The van der Waals surface area contributed by atoms with Gasteiger partial charge >= 0.3 is 0 Å². The lowest BCUT2D eigenvalue weighted by atomic mass is 9.86. The summed E-state index contributed by atoms with van der Waals surface area (Å²) in [5.74, 6) is 0.0981. The van der Waals surface area contributed by atoms with E-state index >= 15 is 0 Å². The van der Waals surface area contributed by atoms with E-state index in [9.17, 15) is 4.79 Å². The van der Waals surface area contributed by atoms with Gasteiger partial charge in [-0.1, -0.05) is 36.8 Å². The summed E-state index contributed by atoms with van der Waals surface area (Å²) >= 11 is 1.55. The monoisotopic (exact) mass is 351 g/mol. The minimum atomic E-state index is 0. The van der Waals surface area contributed by atoms with Crippen LogP contribution in [0.15, 0.2) is 36.5 Å². The Hall–Kier alpha value is -1.43. The fourth-order valence-corrected chi connectivity index (χ4v) is 3.77. The van der Waals surface area contributed by atoms with Crippen molar-refractivity contribution in [3.05, 3.63) is 47.0 Å². The van der Waals surface area contributed by atoms with E-state index < -0.39 is 0 Å². The second-order valence-electron chi connectivity index (χ2n) is 5.91. The van der Waals surface area contributed by atoms with Crippen LogP contribution < -0.4 is 11.1 Å². The number of anilines is 1. The van der Waals surface area contributed by atoms with E-state index in [0.29, 0.717) is 5.13 Å². The number of nitrogens with one attached hydrogen (secondary N) is 1. The van der Waals surface area contributed by atoms with Gasteiger partial charge in [0.1, 0.15) is 0 Å². The van der Waals surface area contributed by atoms with Gasteiger partial charge in [-0.05, 0) is 24.8 Å². The zero-order chi connectivity index (χ0) is 15.4. The molecule has 1 aromatic heterocycles. The number of benzene rings is 1. The maximum atomic E-state index is 12.3. The number of amides is 1. The van der Waals surface area contributed by atoms with E-state index in [1.807, 2.05) is 24.4 Å². The van der Waals surface area contributed by atoms with Crippen molar-refractivity contribution in [3.8, 4) is 0 Å². The van der Waals surface area contributed by atoms with E-state index in [1.165, 1.54) is 5.56 Å². The normalized spacial score (nSPS) is 20.6. The minimum Gasteiger partial charge on any atom is -0.328 e. The average molecular weight is 352 g/mol. The number of rotatable bonds is 4. The van der Waals surface area contributed by atoms with Gasteiger partial charge in [-0.25, -0.2) is 4.98 Å². The molecule has 124 valence electrons. The highest BCUT2D eigenvalue weighted by Crippen LogP contribution is 2.26. The number of carbonyl (C=O) groups is 1. The number of aromatic nitrogens is 1. The molecule has 2 atom stereocenters. The molecule has 0 saturated heterocycles. The van der Waals surface area contributed by atoms with Crippen LogP contribution >= 0.6 is 23.7 Å². The van der Waals surface area contributed by atoms with Crippen LogP contribution in [0.4, 0.5) is 5.13 Å². The predicted octanol–water partition coefficient (Wildman–Crippen LogP) is 3.61. The molecule has 0 aliphatic heterocycles. The summed E-state index contributed by atoms with van der Waals surface area (Å²) in [4.78, 5) is 17.8. The Bertz CT molecular complexity index is 632. The predicted molar refractivity (Wildman–Crippen MR) is 97.2 cm³/mol. The van der Waals surface area contributed by atoms with Crippen LogP contribution in [0.5, 0.6) is 0 Å². The van der Waals surface area contributed by atoms with Crippen LogP contribution in [-0.4, -0.2) is 16.9 Å². The van der Waals surface area contributed by atoms with Crippen molar-refractivity contribution in [2.75, 3.05) is 5.32 Å². The molecular formula is C17H22ClN3OS. The third kappa shape index (κ3) is 5.03. The molecule has 3 rings (SSSR count). The van der Waals surface area contributed by atoms with Gasteiger partial charge in [-0.3, -0.25) is 4.79 Å². The number of hydrogen-bond acceptors (Lipinski definition) is 4. The molecule has 1 saturated carbocycles. The van der Waals surface area contributed by atoms with Gasteiger partial charge in [0.15, 0.2) is 5.13 Å². The first-order chi connectivity index (χ1) is 10.7. The summed E-state index contributed by atoms with van der Waals surface area (Å²) in [6.45, 7) is 0. The summed E-state index contributed by atoms with van der Waals surface area (Å²) in [6, 6.07) is 10.4. The van der Waals surface area contributed by atoms with E-state index in [1.54, 1.807) is 11.3 Å². The molecule has 1 aliphatic rings. The minimum absolute atomic E-state index is 0. The highest BCUT2D eigenvalue weighted by molar-refractivity contribution is 7.15. The molecule has 0 bridgehead atoms. The molecule has 23 heavy (non-hydrogen) atoms. The van der Waals surface area contributed by atoms with Gasteiger partial charge in [-0.2, -0.15) is 0 Å². The molecule has 0 radical (unpaired) electrons. The summed E-state index contributed by atoms with van der Waals surface area (Å²) in [6.07, 6.45) is 6.48. The highest BCUT2D eigenvalue weighted by atomic mass is 35.5. The lowest BCUT2D eigenvalue weighted by Crippen LogP contribution is -2.34. The summed E-state index contributed by atoms with van der Waals surface area (Å²) in [7, 11) is 0. The lowest BCUT2D eigenvalue weighted by molar-refractivity contribution is -0.120. The number of nitrogens with zero attached hydrogens (tertiary/aromatic N) is 1. The van der Waals surface area contributed by atoms with Crippen molar-refractivity contribution in [2.24, 2.45) is 11.7 Å². The summed E-state index contributed by atoms with van der Waals surface area (Å²) < 4.78 is 0. The topological polar surface area (TPSA) is 68.0 Å². The maximum absolute atomic E-state index is 12.3. The number of thiazole rings is 1. The first kappa shape index (κ1) is 17.9. The first-order valence-electron chi connectivity index (χ1n) is 7.76. The molecule has 0 spiro atoms. The van der Waals surface area contributed by atoms with Crippen molar-refractivity contribution in [3.63, 3.8) is 0 Å². The molecule has 1 aromatic carbocycles. The molecule has 1 amide bonds. The SMILES string of the molecule is Cl.NC1CCCC(C(=O)Nc2ncc(Cc3ccccc3)s2)C1. The Morgan fingerprint density at radius 1 is 1.30 bits per heavy atom. The fourth-order valence-electron chi connectivity index (χ4n) is 2.92. The van der Waals surface area contributed by atoms with Crippen LogP contribution in [0.25, 0.3) is 0 Å². The molecule has 3 N–H and O–H groups in total. The van der Waals surface area contributed by atoms with Crippen molar-refractivity contribution in [1.29, 1.82) is 0 Å².